The summed E-state index contributed by atoms with van der Waals surface area (Å²) in [5.74, 6) is -0.0382. The lowest BCUT2D eigenvalue weighted by Gasteiger charge is -2.21. The number of benzene rings is 1. The molecular formula is C16H26N2O3S. The third-order valence-corrected chi connectivity index (χ3v) is 5.25. The van der Waals surface area contributed by atoms with Crippen molar-refractivity contribution in [2.75, 3.05) is 19.6 Å². The zero-order valence-corrected chi connectivity index (χ0v) is 14.9. The molecule has 0 saturated carbocycles. The molecule has 0 aromatic heterocycles. The molecule has 1 aromatic rings. The third kappa shape index (κ3) is 4.81. The molecular weight excluding hydrogens is 300 g/mol. The van der Waals surface area contributed by atoms with Crippen LogP contribution in [0.4, 0.5) is 0 Å². The summed E-state index contributed by atoms with van der Waals surface area (Å²) in [6.45, 7) is 10.3. The van der Waals surface area contributed by atoms with Crippen LogP contribution >= 0.6 is 0 Å². The molecule has 0 heterocycles. The first-order valence-corrected chi connectivity index (χ1v) is 9.00. The molecule has 0 aliphatic carbocycles. The summed E-state index contributed by atoms with van der Waals surface area (Å²) in [4.78, 5) is 13.4. The monoisotopic (exact) mass is 326 g/mol. The summed E-state index contributed by atoms with van der Waals surface area (Å²) in [5.41, 5.74) is 2.52. The molecule has 0 unspecified atom stereocenters. The minimum absolute atomic E-state index is 0.0382. The SMILES string of the molecule is CCCN(CCNS(=O)(=O)c1c(C)cc(C)cc1C)C(C)=O. The number of nitrogens with one attached hydrogen (secondary N) is 1. The van der Waals surface area contributed by atoms with Gasteiger partial charge < -0.3 is 4.90 Å². The predicted molar refractivity (Wildman–Crippen MR) is 88.4 cm³/mol. The number of aryl methyl sites for hydroxylation is 3. The molecule has 0 aliphatic rings. The van der Waals surface area contributed by atoms with Crippen LogP contribution in [-0.4, -0.2) is 38.9 Å². The van der Waals surface area contributed by atoms with Gasteiger partial charge in [-0.1, -0.05) is 24.6 Å². The largest absolute Gasteiger partial charge is 0.342 e. The smallest absolute Gasteiger partial charge is 0.241 e. The average Bonchev–Trinajstić information content (AvgIpc) is 2.35. The van der Waals surface area contributed by atoms with E-state index in [2.05, 4.69) is 4.72 Å². The van der Waals surface area contributed by atoms with Gasteiger partial charge in [-0.05, 0) is 38.3 Å². The number of hydrogen-bond donors (Lipinski definition) is 1. The molecule has 1 N–H and O–H groups in total. The molecule has 0 radical (unpaired) electrons. The van der Waals surface area contributed by atoms with Crippen LogP contribution in [-0.2, 0) is 14.8 Å². The van der Waals surface area contributed by atoms with Crippen molar-refractivity contribution in [3.05, 3.63) is 28.8 Å². The summed E-state index contributed by atoms with van der Waals surface area (Å²) in [6, 6.07) is 3.72. The number of nitrogens with zero attached hydrogens (tertiary/aromatic N) is 1. The Morgan fingerprint density at radius 2 is 1.68 bits per heavy atom. The molecule has 0 saturated heterocycles. The maximum Gasteiger partial charge on any atom is 0.241 e. The molecule has 0 atom stereocenters. The van der Waals surface area contributed by atoms with Gasteiger partial charge in [0.2, 0.25) is 15.9 Å². The van der Waals surface area contributed by atoms with Crippen molar-refractivity contribution >= 4 is 15.9 Å². The molecule has 1 rings (SSSR count). The molecule has 124 valence electrons. The van der Waals surface area contributed by atoms with Crippen LogP contribution < -0.4 is 4.72 Å². The van der Waals surface area contributed by atoms with E-state index in [0.29, 0.717) is 18.0 Å². The van der Waals surface area contributed by atoms with Gasteiger partial charge in [0, 0.05) is 26.6 Å². The second-order valence-electron chi connectivity index (χ2n) is 5.63. The minimum atomic E-state index is -3.56. The quantitative estimate of drug-likeness (QED) is 0.835. The van der Waals surface area contributed by atoms with Crippen molar-refractivity contribution in [3.63, 3.8) is 0 Å². The Labute approximate surface area is 133 Å². The van der Waals surface area contributed by atoms with E-state index in [0.717, 1.165) is 23.1 Å². The molecule has 5 nitrogen and oxygen atoms in total. The molecule has 0 bridgehead atoms. The van der Waals surface area contributed by atoms with E-state index in [1.165, 1.54) is 6.92 Å². The number of amides is 1. The van der Waals surface area contributed by atoms with Crippen LogP contribution in [0.15, 0.2) is 17.0 Å². The topological polar surface area (TPSA) is 66.5 Å². The van der Waals surface area contributed by atoms with Gasteiger partial charge in [-0.3, -0.25) is 4.79 Å². The average molecular weight is 326 g/mol. The van der Waals surface area contributed by atoms with Gasteiger partial charge in [0.25, 0.3) is 0 Å². The lowest BCUT2D eigenvalue weighted by atomic mass is 10.1. The van der Waals surface area contributed by atoms with Crippen LogP contribution in [0.3, 0.4) is 0 Å². The van der Waals surface area contributed by atoms with Crippen molar-refractivity contribution in [3.8, 4) is 0 Å². The van der Waals surface area contributed by atoms with Gasteiger partial charge in [-0.15, -0.1) is 0 Å². The predicted octanol–water partition coefficient (Wildman–Crippen LogP) is 2.15. The molecule has 0 spiro atoms. The zero-order valence-electron chi connectivity index (χ0n) is 14.1. The molecule has 6 heteroatoms. The molecule has 1 amide bonds. The van der Waals surface area contributed by atoms with E-state index in [-0.39, 0.29) is 12.5 Å². The van der Waals surface area contributed by atoms with Crippen molar-refractivity contribution in [2.24, 2.45) is 0 Å². The highest BCUT2D eigenvalue weighted by molar-refractivity contribution is 7.89. The van der Waals surface area contributed by atoms with Gasteiger partial charge in [0.1, 0.15) is 0 Å². The number of rotatable bonds is 7. The van der Waals surface area contributed by atoms with Gasteiger partial charge in [-0.25, -0.2) is 13.1 Å². The van der Waals surface area contributed by atoms with Crippen LogP contribution in [0.2, 0.25) is 0 Å². The fourth-order valence-corrected chi connectivity index (χ4v) is 4.14. The number of carbonyl (C=O) groups is 1. The second kappa shape index (κ2) is 7.74. The summed E-state index contributed by atoms with van der Waals surface area (Å²) in [6.07, 6.45) is 0.850. The molecule has 0 aliphatic heterocycles. The first kappa shape index (κ1) is 18.6. The van der Waals surface area contributed by atoms with Gasteiger partial charge in [-0.2, -0.15) is 0 Å². The zero-order chi connectivity index (χ0) is 16.9. The first-order chi connectivity index (χ1) is 10.2. The summed E-state index contributed by atoms with van der Waals surface area (Å²) >= 11 is 0. The Bertz CT molecular complexity index is 616. The summed E-state index contributed by atoms with van der Waals surface area (Å²) in [7, 11) is -3.56. The highest BCUT2D eigenvalue weighted by atomic mass is 32.2. The van der Waals surface area contributed by atoms with Crippen molar-refractivity contribution < 1.29 is 13.2 Å². The third-order valence-electron chi connectivity index (χ3n) is 3.49. The van der Waals surface area contributed by atoms with E-state index in [4.69, 9.17) is 0 Å². The minimum Gasteiger partial charge on any atom is -0.342 e. The van der Waals surface area contributed by atoms with Crippen LogP contribution in [0.5, 0.6) is 0 Å². The summed E-state index contributed by atoms with van der Waals surface area (Å²) in [5, 5.41) is 0. The summed E-state index contributed by atoms with van der Waals surface area (Å²) < 4.78 is 27.6. The number of carbonyl (C=O) groups excluding carboxylic acids is 1. The molecule has 22 heavy (non-hydrogen) atoms. The lowest BCUT2D eigenvalue weighted by Crippen LogP contribution is -2.38. The van der Waals surface area contributed by atoms with Crippen molar-refractivity contribution in [1.29, 1.82) is 0 Å². The van der Waals surface area contributed by atoms with Crippen LogP contribution in [0.25, 0.3) is 0 Å². The Morgan fingerprint density at radius 1 is 1.14 bits per heavy atom. The van der Waals surface area contributed by atoms with Crippen LogP contribution in [0, 0.1) is 20.8 Å². The van der Waals surface area contributed by atoms with Gasteiger partial charge in [0.15, 0.2) is 0 Å². The maximum absolute atomic E-state index is 12.5. The van der Waals surface area contributed by atoms with Crippen molar-refractivity contribution in [1.82, 2.24) is 9.62 Å². The Hall–Kier alpha value is -1.40. The Morgan fingerprint density at radius 3 is 2.14 bits per heavy atom. The van der Waals surface area contributed by atoms with Gasteiger partial charge >= 0.3 is 0 Å². The van der Waals surface area contributed by atoms with Gasteiger partial charge in [0.05, 0.1) is 4.90 Å². The second-order valence-corrected chi connectivity index (χ2v) is 7.34. The maximum atomic E-state index is 12.5. The first-order valence-electron chi connectivity index (χ1n) is 7.52. The van der Waals surface area contributed by atoms with E-state index < -0.39 is 10.0 Å². The molecule has 1 aromatic carbocycles. The van der Waals surface area contributed by atoms with E-state index in [1.54, 1.807) is 18.7 Å². The highest BCUT2D eigenvalue weighted by Gasteiger charge is 2.20. The Kier molecular flexibility index (Phi) is 6.56. The van der Waals surface area contributed by atoms with E-state index >= 15 is 0 Å². The fourth-order valence-electron chi connectivity index (χ4n) is 2.67. The van der Waals surface area contributed by atoms with Crippen molar-refractivity contribution in [2.45, 2.75) is 45.9 Å². The number of sulfonamides is 1. The Balaban J connectivity index is 2.83. The van der Waals surface area contributed by atoms with E-state index in [9.17, 15) is 13.2 Å². The number of hydrogen-bond acceptors (Lipinski definition) is 3. The standard InChI is InChI=1S/C16H26N2O3S/c1-6-8-18(15(5)19)9-7-17-22(20,21)16-13(3)10-12(2)11-14(16)4/h10-11,17H,6-9H2,1-5H3. The fraction of sp³-hybridized carbons (Fsp3) is 0.562. The highest BCUT2D eigenvalue weighted by Crippen LogP contribution is 2.21. The normalized spacial score (nSPS) is 11.5. The lowest BCUT2D eigenvalue weighted by molar-refractivity contribution is -0.128. The van der Waals surface area contributed by atoms with E-state index in [1.807, 2.05) is 26.0 Å². The van der Waals surface area contributed by atoms with Crippen LogP contribution in [0.1, 0.15) is 37.0 Å². The molecule has 0 fully saturated rings.